The molecule has 0 saturated heterocycles. The van der Waals surface area contributed by atoms with Gasteiger partial charge in [-0.3, -0.25) is 0 Å². The normalized spacial score (nSPS) is 18.6. The Kier molecular flexibility index (Phi) is 5.07. The van der Waals surface area contributed by atoms with Gasteiger partial charge < -0.3 is 4.74 Å². The summed E-state index contributed by atoms with van der Waals surface area (Å²) in [5, 5.41) is 0. The molecular formula is C15H21OP. The number of allylic oxidation sites excluding steroid dienone is 1. The van der Waals surface area contributed by atoms with Gasteiger partial charge in [0.2, 0.25) is 0 Å². The third-order valence-electron chi connectivity index (χ3n) is 3.22. The van der Waals surface area contributed by atoms with Gasteiger partial charge in [0.1, 0.15) is 5.75 Å². The molecule has 2 unspecified atom stereocenters. The SMILES string of the molecule is PC(/C=C/C1CCCC1)COc1ccccc1. The number of hydrogen-bond donors (Lipinski definition) is 0. The van der Waals surface area contributed by atoms with Gasteiger partial charge in [0.15, 0.2) is 0 Å². The van der Waals surface area contributed by atoms with Crippen LogP contribution in [0.2, 0.25) is 0 Å². The fourth-order valence-corrected chi connectivity index (χ4v) is 2.44. The first kappa shape index (κ1) is 12.6. The first-order valence-electron chi connectivity index (χ1n) is 6.46. The van der Waals surface area contributed by atoms with Crippen LogP contribution in [-0.4, -0.2) is 12.3 Å². The van der Waals surface area contributed by atoms with Gasteiger partial charge >= 0.3 is 0 Å². The van der Waals surface area contributed by atoms with Gasteiger partial charge in [0, 0.05) is 5.66 Å². The zero-order valence-corrected chi connectivity index (χ0v) is 11.4. The highest BCUT2D eigenvalue weighted by Gasteiger charge is 2.11. The Morgan fingerprint density at radius 1 is 1.24 bits per heavy atom. The van der Waals surface area contributed by atoms with Crippen LogP contribution in [0.15, 0.2) is 42.5 Å². The molecule has 1 aliphatic carbocycles. The van der Waals surface area contributed by atoms with Crippen molar-refractivity contribution in [3.63, 3.8) is 0 Å². The molecule has 0 N–H and O–H groups in total. The number of benzene rings is 1. The Balaban J connectivity index is 1.71. The minimum absolute atomic E-state index is 0.413. The lowest BCUT2D eigenvalue weighted by Crippen LogP contribution is -2.08. The first-order chi connectivity index (χ1) is 8.34. The minimum atomic E-state index is 0.413. The van der Waals surface area contributed by atoms with E-state index in [0.717, 1.165) is 18.3 Å². The third kappa shape index (κ3) is 4.52. The lowest BCUT2D eigenvalue weighted by Gasteiger charge is -2.10. The van der Waals surface area contributed by atoms with E-state index in [1.54, 1.807) is 0 Å². The van der Waals surface area contributed by atoms with E-state index in [-0.39, 0.29) is 0 Å². The Morgan fingerprint density at radius 3 is 2.65 bits per heavy atom. The Labute approximate surface area is 106 Å². The maximum atomic E-state index is 5.71. The molecule has 1 saturated carbocycles. The van der Waals surface area contributed by atoms with Crippen molar-refractivity contribution in [2.75, 3.05) is 6.61 Å². The van der Waals surface area contributed by atoms with Crippen LogP contribution in [0, 0.1) is 5.92 Å². The van der Waals surface area contributed by atoms with E-state index in [9.17, 15) is 0 Å². The second-order valence-electron chi connectivity index (χ2n) is 4.72. The molecule has 2 atom stereocenters. The molecule has 2 heteroatoms. The molecular weight excluding hydrogens is 227 g/mol. The summed E-state index contributed by atoms with van der Waals surface area (Å²) in [6.07, 6.45) is 10.2. The molecule has 1 aromatic rings. The summed E-state index contributed by atoms with van der Waals surface area (Å²) in [5.41, 5.74) is 0.413. The van der Waals surface area contributed by atoms with E-state index in [2.05, 4.69) is 21.4 Å². The maximum Gasteiger partial charge on any atom is 0.119 e. The van der Waals surface area contributed by atoms with E-state index in [1.165, 1.54) is 25.7 Å². The van der Waals surface area contributed by atoms with Gasteiger partial charge in [0.25, 0.3) is 0 Å². The molecule has 1 fully saturated rings. The Hall–Kier alpha value is -0.810. The fraction of sp³-hybridized carbons (Fsp3) is 0.467. The summed E-state index contributed by atoms with van der Waals surface area (Å²) >= 11 is 0. The summed E-state index contributed by atoms with van der Waals surface area (Å²) < 4.78 is 5.71. The third-order valence-corrected chi connectivity index (χ3v) is 3.63. The molecule has 0 radical (unpaired) electrons. The number of ether oxygens (including phenoxy) is 1. The van der Waals surface area contributed by atoms with Crippen LogP contribution in [0.1, 0.15) is 25.7 Å². The molecule has 0 aliphatic heterocycles. The largest absolute Gasteiger partial charge is 0.493 e. The molecule has 2 rings (SSSR count). The first-order valence-corrected chi connectivity index (χ1v) is 7.13. The van der Waals surface area contributed by atoms with E-state index in [0.29, 0.717) is 5.66 Å². The van der Waals surface area contributed by atoms with E-state index in [1.807, 2.05) is 30.3 Å². The standard InChI is InChI=1S/C15H21OP/c17-15(11-10-13-6-4-5-7-13)12-16-14-8-2-1-3-9-14/h1-3,8-11,13,15H,4-7,12,17H2/b11-10+. The summed E-state index contributed by atoms with van der Waals surface area (Å²) in [7, 11) is 2.85. The van der Waals surface area contributed by atoms with Crippen LogP contribution >= 0.6 is 9.24 Å². The smallest absolute Gasteiger partial charge is 0.119 e. The van der Waals surface area contributed by atoms with E-state index >= 15 is 0 Å². The van der Waals surface area contributed by atoms with Crippen LogP contribution in [0.4, 0.5) is 0 Å². The zero-order chi connectivity index (χ0) is 11.9. The molecule has 0 amide bonds. The van der Waals surface area contributed by atoms with Crippen molar-refractivity contribution in [3.8, 4) is 5.75 Å². The van der Waals surface area contributed by atoms with Crippen LogP contribution in [0.25, 0.3) is 0 Å². The van der Waals surface area contributed by atoms with Crippen molar-refractivity contribution in [2.45, 2.75) is 31.3 Å². The van der Waals surface area contributed by atoms with Gasteiger partial charge in [-0.2, -0.15) is 0 Å². The molecule has 0 aromatic heterocycles. The number of para-hydroxylation sites is 1. The highest BCUT2D eigenvalue weighted by molar-refractivity contribution is 7.18. The van der Waals surface area contributed by atoms with Crippen molar-refractivity contribution in [2.24, 2.45) is 5.92 Å². The van der Waals surface area contributed by atoms with Crippen molar-refractivity contribution < 1.29 is 4.74 Å². The summed E-state index contributed by atoms with van der Waals surface area (Å²) in [6.45, 7) is 0.734. The average molecular weight is 248 g/mol. The zero-order valence-electron chi connectivity index (χ0n) is 10.2. The van der Waals surface area contributed by atoms with Gasteiger partial charge in [-0.25, -0.2) is 0 Å². The molecule has 0 spiro atoms. The average Bonchev–Trinajstić information content (AvgIpc) is 2.88. The van der Waals surface area contributed by atoms with E-state index in [4.69, 9.17) is 4.74 Å². The summed E-state index contributed by atoms with van der Waals surface area (Å²) in [5.74, 6) is 1.77. The second-order valence-corrected chi connectivity index (χ2v) is 5.57. The van der Waals surface area contributed by atoms with Crippen LogP contribution < -0.4 is 4.74 Å². The fourth-order valence-electron chi connectivity index (χ4n) is 2.21. The van der Waals surface area contributed by atoms with Crippen molar-refractivity contribution in [3.05, 3.63) is 42.5 Å². The number of hydrogen-bond acceptors (Lipinski definition) is 1. The highest BCUT2D eigenvalue weighted by atomic mass is 31.0. The molecule has 0 bridgehead atoms. The topological polar surface area (TPSA) is 9.23 Å². The van der Waals surface area contributed by atoms with Crippen LogP contribution in [0.5, 0.6) is 5.75 Å². The molecule has 92 valence electrons. The lowest BCUT2D eigenvalue weighted by molar-refractivity contribution is 0.328. The molecule has 0 heterocycles. The minimum Gasteiger partial charge on any atom is -0.493 e. The van der Waals surface area contributed by atoms with Crippen molar-refractivity contribution >= 4 is 9.24 Å². The summed E-state index contributed by atoms with van der Waals surface area (Å²) in [6, 6.07) is 10.0. The van der Waals surface area contributed by atoms with Gasteiger partial charge in [0.05, 0.1) is 6.61 Å². The van der Waals surface area contributed by atoms with E-state index < -0.39 is 0 Å². The predicted molar refractivity (Wildman–Crippen MR) is 76.5 cm³/mol. The molecule has 1 aromatic carbocycles. The van der Waals surface area contributed by atoms with Gasteiger partial charge in [-0.15, -0.1) is 9.24 Å². The molecule has 17 heavy (non-hydrogen) atoms. The molecule has 1 aliphatic rings. The maximum absolute atomic E-state index is 5.71. The Morgan fingerprint density at radius 2 is 1.94 bits per heavy atom. The summed E-state index contributed by atoms with van der Waals surface area (Å²) in [4.78, 5) is 0. The highest BCUT2D eigenvalue weighted by Crippen LogP contribution is 2.26. The quantitative estimate of drug-likeness (QED) is 0.564. The number of rotatable bonds is 5. The van der Waals surface area contributed by atoms with Crippen molar-refractivity contribution in [1.82, 2.24) is 0 Å². The molecule has 1 nitrogen and oxygen atoms in total. The lowest BCUT2D eigenvalue weighted by atomic mass is 10.1. The Bertz CT molecular complexity index is 341. The van der Waals surface area contributed by atoms with Gasteiger partial charge in [-0.1, -0.05) is 43.2 Å². The van der Waals surface area contributed by atoms with Crippen LogP contribution in [-0.2, 0) is 0 Å². The van der Waals surface area contributed by atoms with Gasteiger partial charge in [-0.05, 0) is 30.9 Å². The van der Waals surface area contributed by atoms with Crippen LogP contribution in [0.3, 0.4) is 0 Å². The second kappa shape index (κ2) is 6.81. The predicted octanol–water partition coefficient (Wildman–Crippen LogP) is 4.06. The monoisotopic (exact) mass is 248 g/mol. The van der Waals surface area contributed by atoms with Crippen molar-refractivity contribution in [1.29, 1.82) is 0 Å².